The number of nitrogens with zero attached hydrogens (tertiary/aromatic N) is 3. The maximum absolute atomic E-state index is 6.00. The third-order valence-corrected chi connectivity index (χ3v) is 4.03. The van der Waals surface area contributed by atoms with E-state index in [2.05, 4.69) is 33.5 Å². The summed E-state index contributed by atoms with van der Waals surface area (Å²) < 4.78 is 0. The Morgan fingerprint density at radius 1 is 1.21 bits per heavy atom. The molecule has 3 rings (SSSR count). The normalized spacial score (nSPS) is 13.2. The summed E-state index contributed by atoms with van der Waals surface area (Å²) in [6.45, 7) is 0.464. The summed E-state index contributed by atoms with van der Waals surface area (Å²) in [5.41, 5.74) is 10.8. The zero-order valence-electron chi connectivity index (χ0n) is 14.1. The predicted molar refractivity (Wildman–Crippen MR) is 111 cm³/mol. The Morgan fingerprint density at radius 3 is 2.79 bits per heavy atom. The largest absolute Gasteiger partial charge is 0.370 e. The zero-order chi connectivity index (χ0) is 16.2. The van der Waals surface area contributed by atoms with Crippen LogP contribution < -0.4 is 16.0 Å². The molecule has 1 aromatic heterocycles. The summed E-state index contributed by atoms with van der Waals surface area (Å²) in [6, 6.07) is 12.3. The Balaban J connectivity index is 0.00000208. The van der Waals surface area contributed by atoms with Crippen LogP contribution in [0.1, 0.15) is 23.2 Å². The molecule has 0 fully saturated rings. The van der Waals surface area contributed by atoms with Gasteiger partial charge in [0, 0.05) is 19.8 Å². The molecule has 1 aliphatic rings. The number of guanidine groups is 1. The van der Waals surface area contributed by atoms with Crippen molar-refractivity contribution in [1.82, 2.24) is 4.98 Å². The van der Waals surface area contributed by atoms with Crippen molar-refractivity contribution in [3.05, 3.63) is 53.2 Å². The summed E-state index contributed by atoms with van der Waals surface area (Å²) in [5, 5.41) is 3.17. The van der Waals surface area contributed by atoms with Crippen LogP contribution in [0.3, 0.4) is 0 Å². The molecule has 0 aliphatic heterocycles. The fourth-order valence-corrected chi connectivity index (χ4v) is 2.81. The fraction of sp³-hybridized carbons (Fsp3) is 0.333. The van der Waals surface area contributed by atoms with Gasteiger partial charge in [0.05, 0.1) is 12.2 Å². The number of aliphatic imine (C=N–C) groups is 1. The van der Waals surface area contributed by atoms with Gasteiger partial charge in [-0.15, -0.1) is 24.0 Å². The molecular formula is C18H24IN5. The Kier molecular flexibility index (Phi) is 6.42. The molecular weight excluding hydrogens is 413 g/mol. The van der Waals surface area contributed by atoms with Gasteiger partial charge in [0.25, 0.3) is 0 Å². The van der Waals surface area contributed by atoms with Crippen LogP contribution in [0.25, 0.3) is 0 Å². The van der Waals surface area contributed by atoms with Gasteiger partial charge in [-0.2, -0.15) is 0 Å². The first-order valence-electron chi connectivity index (χ1n) is 7.94. The van der Waals surface area contributed by atoms with Crippen LogP contribution in [-0.4, -0.2) is 25.0 Å². The Labute approximate surface area is 160 Å². The molecule has 1 aromatic carbocycles. The van der Waals surface area contributed by atoms with Crippen molar-refractivity contribution >= 4 is 41.4 Å². The highest BCUT2D eigenvalue weighted by molar-refractivity contribution is 14.0. The molecule has 0 spiro atoms. The van der Waals surface area contributed by atoms with Crippen molar-refractivity contribution in [3.63, 3.8) is 0 Å². The number of aryl methyl sites for hydroxylation is 2. The van der Waals surface area contributed by atoms with Crippen LogP contribution in [0.5, 0.6) is 0 Å². The zero-order valence-corrected chi connectivity index (χ0v) is 16.5. The standard InChI is InChI=1S/C18H23N5.HI/c1-23(2)17-8-4-7-16(21-17)12-20-18(19)22-15-10-9-13-5-3-6-14(13)11-15;/h4,7-11H,3,5-6,12H2,1-2H3,(H3,19,20,22);1H. The van der Waals surface area contributed by atoms with E-state index in [4.69, 9.17) is 5.73 Å². The van der Waals surface area contributed by atoms with Gasteiger partial charge >= 0.3 is 0 Å². The number of benzene rings is 1. The lowest BCUT2D eigenvalue weighted by atomic mass is 10.1. The van der Waals surface area contributed by atoms with E-state index in [9.17, 15) is 0 Å². The number of hydrogen-bond acceptors (Lipinski definition) is 3. The Hall–Kier alpha value is -1.83. The summed E-state index contributed by atoms with van der Waals surface area (Å²) >= 11 is 0. The van der Waals surface area contributed by atoms with Crippen molar-refractivity contribution < 1.29 is 0 Å². The molecule has 2 aromatic rings. The van der Waals surface area contributed by atoms with Gasteiger partial charge in [-0.3, -0.25) is 0 Å². The third kappa shape index (κ3) is 4.59. The number of fused-ring (bicyclic) bond motifs is 1. The smallest absolute Gasteiger partial charge is 0.193 e. The quantitative estimate of drug-likeness (QED) is 0.438. The summed E-state index contributed by atoms with van der Waals surface area (Å²) in [7, 11) is 3.94. The summed E-state index contributed by atoms with van der Waals surface area (Å²) in [6.07, 6.45) is 3.59. The molecule has 0 saturated carbocycles. The maximum Gasteiger partial charge on any atom is 0.193 e. The number of nitrogens with two attached hydrogens (primary N) is 1. The molecule has 1 heterocycles. The number of nitrogens with one attached hydrogen (secondary N) is 1. The predicted octanol–water partition coefficient (Wildman–Crippen LogP) is 3.18. The van der Waals surface area contributed by atoms with Gasteiger partial charge in [-0.25, -0.2) is 9.98 Å². The molecule has 6 heteroatoms. The van der Waals surface area contributed by atoms with Crippen molar-refractivity contribution in [2.45, 2.75) is 25.8 Å². The number of rotatable bonds is 4. The van der Waals surface area contributed by atoms with Gasteiger partial charge in [-0.05, 0) is 54.7 Å². The second-order valence-electron chi connectivity index (χ2n) is 6.05. The van der Waals surface area contributed by atoms with E-state index in [1.54, 1.807) is 0 Å². The first-order chi connectivity index (χ1) is 11.1. The maximum atomic E-state index is 6.00. The van der Waals surface area contributed by atoms with E-state index in [0.29, 0.717) is 12.5 Å². The van der Waals surface area contributed by atoms with E-state index >= 15 is 0 Å². The van der Waals surface area contributed by atoms with Crippen LogP contribution in [0, 0.1) is 0 Å². The van der Waals surface area contributed by atoms with Gasteiger partial charge in [0.1, 0.15) is 5.82 Å². The highest BCUT2D eigenvalue weighted by Crippen LogP contribution is 2.24. The van der Waals surface area contributed by atoms with E-state index in [1.807, 2.05) is 37.2 Å². The SMILES string of the molecule is CN(C)c1cccc(CN=C(N)Nc2ccc3c(c2)CCC3)n1.I. The average molecular weight is 437 g/mol. The number of hydrogen-bond donors (Lipinski definition) is 2. The molecule has 3 N–H and O–H groups in total. The van der Waals surface area contributed by atoms with Gasteiger partial charge < -0.3 is 16.0 Å². The second kappa shape index (κ2) is 8.32. The summed E-state index contributed by atoms with van der Waals surface area (Å²) in [4.78, 5) is 10.9. The van der Waals surface area contributed by atoms with Crippen molar-refractivity contribution in [2.75, 3.05) is 24.3 Å². The Bertz CT molecular complexity index is 727. The number of halogens is 1. The Morgan fingerprint density at radius 2 is 2.00 bits per heavy atom. The molecule has 0 atom stereocenters. The highest BCUT2D eigenvalue weighted by Gasteiger charge is 2.10. The van der Waals surface area contributed by atoms with Crippen molar-refractivity contribution in [3.8, 4) is 0 Å². The first-order valence-corrected chi connectivity index (χ1v) is 7.94. The molecule has 128 valence electrons. The summed E-state index contributed by atoms with van der Waals surface area (Å²) in [5.74, 6) is 1.34. The molecule has 0 unspecified atom stereocenters. The molecule has 0 saturated heterocycles. The van der Waals surface area contributed by atoms with Crippen LogP contribution in [0.2, 0.25) is 0 Å². The second-order valence-corrected chi connectivity index (χ2v) is 6.05. The van der Waals surface area contributed by atoms with Crippen LogP contribution in [0.4, 0.5) is 11.5 Å². The lowest BCUT2D eigenvalue weighted by molar-refractivity contribution is 0.912. The van der Waals surface area contributed by atoms with E-state index in [-0.39, 0.29) is 24.0 Å². The topological polar surface area (TPSA) is 66.5 Å². The number of pyridine rings is 1. The van der Waals surface area contributed by atoms with Crippen LogP contribution >= 0.6 is 24.0 Å². The van der Waals surface area contributed by atoms with Gasteiger partial charge in [0.2, 0.25) is 0 Å². The van der Waals surface area contributed by atoms with Gasteiger partial charge in [0.15, 0.2) is 5.96 Å². The fourth-order valence-electron chi connectivity index (χ4n) is 2.81. The molecule has 5 nitrogen and oxygen atoms in total. The molecule has 0 bridgehead atoms. The molecule has 0 radical (unpaired) electrons. The van der Waals surface area contributed by atoms with Crippen LogP contribution in [-0.2, 0) is 19.4 Å². The van der Waals surface area contributed by atoms with Crippen LogP contribution in [0.15, 0.2) is 41.4 Å². The minimum Gasteiger partial charge on any atom is -0.370 e. The van der Waals surface area contributed by atoms with E-state index < -0.39 is 0 Å². The van der Waals surface area contributed by atoms with Crippen molar-refractivity contribution in [2.24, 2.45) is 10.7 Å². The number of anilines is 2. The van der Waals surface area contributed by atoms with Crippen molar-refractivity contribution in [1.29, 1.82) is 0 Å². The lowest BCUT2D eigenvalue weighted by Crippen LogP contribution is -2.22. The monoisotopic (exact) mass is 437 g/mol. The lowest BCUT2D eigenvalue weighted by Gasteiger charge is -2.11. The van der Waals surface area contributed by atoms with E-state index in [0.717, 1.165) is 23.6 Å². The van der Waals surface area contributed by atoms with Gasteiger partial charge in [-0.1, -0.05) is 12.1 Å². The third-order valence-electron chi connectivity index (χ3n) is 4.03. The minimum absolute atomic E-state index is 0. The number of aromatic nitrogens is 1. The molecule has 0 amide bonds. The molecule has 24 heavy (non-hydrogen) atoms. The highest BCUT2D eigenvalue weighted by atomic mass is 127. The van der Waals surface area contributed by atoms with E-state index in [1.165, 1.54) is 24.0 Å². The first kappa shape index (κ1) is 18.5. The minimum atomic E-state index is 0. The molecule has 1 aliphatic carbocycles. The average Bonchev–Trinajstić information content (AvgIpc) is 3.01.